The van der Waals surface area contributed by atoms with Crippen molar-refractivity contribution in [3.63, 3.8) is 0 Å². The van der Waals surface area contributed by atoms with Gasteiger partial charge in [0.2, 0.25) is 17.7 Å². The Hall–Kier alpha value is -2.30. The third kappa shape index (κ3) is 6.30. The number of ether oxygens (including phenoxy) is 1. The van der Waals surface area contributed by atoms with E-state index in [1.54, 1.807) is 33.7 Å². The van der Waals surface area contributed by atoms with Gasteiger partial charge in [0, 0.05) is 34.9 Å². The predicted octanol–water partition coefficient (Wildman–Crippen LogP) is 5.82. The number of rotatable bonds is 14. The van der Waals surface area contributed by atoms with Crippen LogP contribution in [0.25, 0.3) is 0 Å². The van der Waals surface area contributed by atoms with Crippen LogP contribution in [0.5, 0.6) is 5.75 Å². The summed E-state index contributed by atoms with van der Waals surface area (Å²) in [7, 11) is 0. The first-order valence-electron chi connectivity index (χ1n) is 16.9. The minimum atomic E-state index is -0.787. The maximum atomic E-state index is 15.0. The number of likely N-dealkylation sites (tertiary alicyclic amines) is 1. The number of carbonyl (C=O) groups is 3. The van der Waals surface area contributed by atoms with Crippen molar-refractivity contribution >= 4 is 51.1 Å². The predicted molar refractivity (Wildman–Crippen MR) is 188 cm³/mol. The SMILES string of the molecule is C=CCN(C(=O)[C@H]1[C@H]2C(=O)N([C@@H](CO)CC(C)C)C(C(=O)N(CC=C)C3CCCCC3)C23CC(Br)[C@@H]1S3)c1ccc(OCC)cc1. The highest BCUT2D eigenvalue weighted by molar-refractivity contribution is 9.09. The van der Waals surface area contributed by atoms with Gasteiger partial charge in [-0.1, -0.05) is 61.2 Å². The van der Waals surface area contributed by atoms with Crippen molar-refractivity contribution in [1.29, 1.82) is 0 Å². The summed E-state index contributed by atoms with van der Waals surface area (Å²) in [5.74, 6) is -0.779. The molecule has 1 aromatic carbocycles. The maximum Gasteiger partial charge on any atom is 0.247 e. The molecule has 1 saturated carbocycles. The van der Waals surface area contributed by atoms with Gasteiger partial charge in [-0.15, -0.1) is 24.9 Å². The fourth-order valence-corrected chi connectivity index (χ4v) is 12.1. The second-order valence-corrected chi connectivity index (χ2v) is 16.3. The summed E-state index contributed by atoms with van der Waals surface area (Å²) >= 11 is 5.56. The van der Waals surface area contributed by atoms with Crippen molar-refractivity contribution in [3.8, 4) is 5.75 Å². The smallest absolute Gasteiger partial charge is 0.247 e. The number of anilines is 1. The van der Waals surface area contributed by atoms with E-state index in [0.717, 1.165) is 37.9 Å². The van der Waals surface area contributed by atoms with E-state index in [1.165, 1.54) is 0 Å². The van der Waals surface area contributed by atoms with Crippen LogP contribution in [0.2, 0.25) is 0 Å². The van der Waals surface area contributed by atoms with Crippen LogP contribution in [0.3, 0.4) is 0 Å². The Morgan fingerprint density at radius 1 is 1.13 bits per heavy atom. The average Bonchev–Trinajstić information content (AvgIpc) is 3.65. The molecule has 2 bridgehead atoms. The highest BCUT2D eigenvalue weighted by Gasteiger charge is 2.76. The molecule has 5 rings (SSSR count). The highest BCUT2D eigenvalue weighted by Crippen LogP contribution is 2.68. The summed E-state index contributed by atoms with van der Waals surface area (Å²) in [5.41, 5.74) is 0.707. The quantitative estimate of drug-likeness (QED) is 0.193. The highest BCUT2D eigenvalue weighted by atomic mass is 79.9. The Kier molecular flexibility index (Phi) is 11.3. The Morgan fingerprint density at radius 3 is 2.39 bits per heavy atom. The number of carbonyl (C=O) groups excluding carboxylic acids is 3. The number of thioether (sulfide) groups is 1. The maximum absolute atomic E-state index is 15.0. The molecule has 3 heterocycles. The standard InChI is InChI=1S/C36H50BrN3O5S/c1-6-18-38(25-14-16-27(17-15-25)45-8-3)33(42)29-30-34(43)40(26(22-41)20-23(4)5)32(36(30)21-28(37)31(29)46-36)35(44)39(19-7-2)24-12-10-9-11-13-24/h6-7,14-17,23-24,26,28-32,41H,1-2,8-13,18-22H2,3-5H3/t26-,28?,29+,30+,31+,32?,36?/m1/s1. The van der Waals surface area contributed by atoms with Crippen molar-refractivity contribution < 1.29 is 24.2 Å². The fraction of sp³-hybridized carbons (Fsp3) is 0.639. The van der Waals surface area contributed by atoms with Crippen LogP contribution in [0.4, 0.5) is 5.69 Å². The first-order valence-corrected chi connectivity index (χ1v) is 18.7. The number of benzene rings is 1. The molecule has 1 aliphatic carbocycles. The van der Waals surface area contributed by atoms with Crippen molar-refractivity contribution in [2.75, 3.05) is 31.2 Å². The van der Waals surface area contributed by atoms with Crippen molar-refractivity contribution in [1.82, 2.24) is 9.80 Å². The second kappa shape index (κ2) is 14.9. The lowest BCUT2D eigenvalue weighted by Gasteiger charge is -2.43. The molecule has 3 amide bonds. The largest absolute Gasteiger partial charge is 0.494 e. The third-order valence-corrected chi connectivity index (χ3v) is 13.5. The van der Waals surface area contributed by atoms with E-state index >= 15 is 4.79 Å². The Morgan fingerprint density at radius 2 is 1.80 bits per heavy atom. The molecule has 4 fully saturated rings. The molecule has 1 aromatic rings. The van der Waals surface area contributed by atoms with Gasteiger partial charge in [-0.25, -0.2) is 0 Å². The molecule has 252 valence electrons. The van der Waals surface area contributed by atoms with Crippen molar-refractivity contribution in [2.24, 2.45) is 17.8 Å². The normalized spacial score (nSPS) is 29.5. The minimum Gasteiger partial charge on any atom is -0.494 e. The van der Waals surface area contributed by atoms with Gasteiger partial charge in [0.15, 0.2) is 0 Å². The molecule has 10 heteroatoms. The van der Waals surface area contributed by atoms with Gasteiger partial charge in [0.25, 0.3) is 0 Å². The molecule has 3 aliphatic heterocycles. The van der Waals surface area contributed by atoms with E-state index in [-0.39, 0.29) is 52.9 Å². The zero-order valence-corrected chi connectivity index (χ0v) is 29.9. The van der Waals surface area contributed by atoms with Gasteiger partial charge in [-0.05, 0) is 62.8 Å². The first kappa shape index (κ1) is 35.0. The number of halogens is 1. The molecule has 46 heavy (non-hydrogen) atoms. The molecular weight excluding hydrogens is 666 g/mol. The Balaban J connectivity index is 1.58. The number of fused-ring (bicyclic) bond motifs is 1. The topological polar surface area (TPSA) is 90.4 Å². The summed E-state index contributed by atoms with van der Waals surface area (Å²) in [6.45, 7) is 15.0. The molecule has 3 saturated heterocycles. The summed E-state index contributed by atoms with van der Waals surface area (Å²) in [6.07, 6.45) is 9.82. The number of nitrogens with zero attached hydrogens (tertiary/aromatic N) is 3. The number of aliphatic hydroxyl groups excluding tert-OH is 1. The molecule has 1 spiro atoms. The van der Waals surface area contributed by atoms with Gasteiger partial charge in [0.05, 0.1) is 35.8 Å². The van der Waals surface area contributed by atoms with Gasteiger partial charge in [-0.3, -0.25) is 14.4 Å². The van der Waals surface area contributed by atoms with E-state index in [9.17, 15) is 14.7 Å². The zero-order chi connectivity index (χ0) is 33.2. The minimum absolute atomic E-state index is 0.0446. The number of amides is 3. The van der Waals surface area contributed by atoms with E-state index in [2.05, 4.69) is 42.9 Å². The average molecular weight is 717 g/mol. The van der Waals surface area contributed by atoms with Crippen LogP contribution < -0.4 is 9.64 Å². The third-order valence-electron chi connectivity index (χ3n) is 10.3. The number of hydrogen-bond acceptors (Lipinski definition) is 6. The lowest BCUT2D eigenvalue weighted by atomic mass is 9.70. The Bertz CT molecular complexity index is 1290. The van der Waals surface area contributed by atoms with E-state index in [4.69, 9.17) is 4.74 Å². The van der Waals surface area contributed by atoms with Crippen LogP contribution in [0.15, 0.2) is 49.6 Å². The van der Waals surface area contributed by atoms with Crippen LogP contribution in [0, 0.1) is 17.8 Å². The number of hydrogen-bond donors (Lipinski definition) is 1. The molecule has 8 nitrogen and oxygen atoms in total. The van der Waals surface area contributed by atoms with Crippen LogP contribution >= 0.6 is 27.7 Å². The summed E-state index contributed by atoms with van der Waals surface area (Å²) in [5, 5.41) is 10.5. The van der Waals surface area contributed by atoms with Gasteiger partial charge in [-0.2, -0.15) is 0 Å². The lowest BCUT2D eigenvalue weighted by molar-refractivity contribution is -0.147. The van der Waals surface area contributed by atoms with E-state index < -0.39 is 28.7 Å². The molecule has 7 atom stereocenters. The molecule has 0 aromatic heterocycles. The van der Waals surface area contributed by atoms with Gasteiger partial charge < -0.3 is 24.5 Å². The summed E-state index contributed by atoms with van der Waals surface area (Å²) in [6, 6.07) is 6.23. The zero-order valence-electron chi connectivity index (χ0n) is 27.5. The van der Waals surface area contributed by atoms with Crippen molar-refractivity contribution in [2.45, 2.75) is 98.7 Å². The first-order chi connectivity index (χ1) is 22.1. The van der Waals surface area contributed by atoms with Gasteiger partial charge in [0.1, 0.15) is 11.8 Å². The lowest BCUT2D eigenvalue weighted by Crippen LogP contribution is -2.59. The molecule has 3 unspecified atom stereocenters. The summed E-state index contributed by atoms with van der Waals surface area (Å²) in [4.78, 5) is 49.9. The second-order valence-electron chi connectivity index (χ2n) is 13.6. The molecule has 4 aliphatic rings. The van der Waals surface area contributed by atoms with Crippen LogP contribution in [-0.4, -0.2) is 91.9 Å². The fourth-order valence-electron chi connectivity index (χ4n) is 8.47. The molecule has 1 N–H and O–H groups in total. The van der Waals surface area contributed by atoms with Crippen LogP contribution in [-0.2, 0) is 14.4 Å². The molecule has 0 radical (unpaired) electrons. The summed E-state index contributed by atoms with van der Waals surface area (Å²) < 4.78 is 4.84. The molecular formula is C36H50BrN3O5S. The van der Waals surface area contributed by atoms with Crippen molar-refractivity contribution in [3.05, 3.63) is 49.6 Å². The van der Waals surface area contributed by atoms with Gasteiger partial charge >= 0.3 is 0 Å². The van der Waals surface area contributed by atoms with E-state index in [1.807, 2.05) is 36.1 Å². The number of alkyl halides is 1. The van der Waals surface area contributed by atoms with Crippen LogP contribution in [0.1, 0.15) is 65.7 Å². The monoisotopic (exact) mass is 715 g/mol. The Labute approximate surface area is 287 Å². The van der Waals surface area contributed by atoms with E-state index in [0.29, 0.717) is 31.7 Å². The number of aliphatic hydroxyl groups is 1.